The minimum Gasteiger partial charge on any atom is -0.496 e. The number of rotatable bonds is 5. The van der Waals surface area contributed by atoms with E-state index in [-0.39, 0.29) is 0 Å². The van der Waals surface area contributed by atoms with Crippen LogP contribution >= 0.6 is 0 Å². The zero-order chi connectivity index (χ0) is 13.3. The molecule has 0 aliphatic heterocycles. The lowest BCUT2D eigenvalue weighted by Gasteiger charge is -2.20. The second-order valence-electron chi connectivity index (χ2n) is 5.43. The third kappa shape index (κ3) is 2.46. The van der Waals surface area contributed by atoms with Gasteiger partial charge in [-0.2, -0.15) is 0 Å². The smallest absolute Gasteiger partial charge is 0.129 e. The molecule has 1 aromatic rings. The maximum atomic E-state index is 10.1. The Bertz CT molecular complexity index is 434. The molecule has 1 saturated carbocycles. The van der Waals surface area contributed by atoms with Crippen molar-refractivity contribution >= 4 is 0 Å². The average molecular weight is 250 g/mol. The Hall–Kier alpha value is -1.22. The fourth-order valence-corrected chi connectivity index (χ4v) is 2.41. The van der Waals surface area contributed by atoms with Crippen LogP contribution in [-0.4, -0.2) is 24.9 Å². The van der Waals surface area contributed by atoms with Crippen LogP contribution in [0.5, 0.6) is 11.5 Å². The first-order valence-electron chi connectivity index (χ1n) is 6.47. The first kappa shape index (κ1) is 13.2. The summed E-state index contributed by atoms with van der Waals surface area (Å²) >= 11 is 0. The molecule has 0 unspecified atom stereocenters. The molecule has 0 amide bonds. The predicted octanol–water partition coefficient (Wildman–Crippen LogP) is 2.89. The fraction of sp³-hybridized carbons (Fsp3) is 0.600. The molecule has 0 saturated heterocycles. The van der Waals surface area contributed by atoms with Gasteiger partial charge in [-0.15, -0.1) is 0 Å². The molecule has 3 heteroatoms. The normalized spacial score (nSPS) is 16.8. The van der Waals surface area contributed by atoms with Crippen molar-refractivity contribution < 1.29 is 14.6 Å². The molecular weight excluding hydrogens is 228 g/mol. The van der Waals surface area contributed by atoms with Crippen LogP contribution < -0.4 is 9.47 Å². The molecule has 0 bridgehead atoms. The zero-order valence-electron chi connectivity index (χ0n) is 11.6. The maximum Gasteiger partial charge on any atom is 0.129 e. The van der Waals surface area contributed by atoms with Crippen LogP contribution in [0.2, 0.25) is 0 Å². The van der Waals surface area contributed by atoms with Gasteiger partial charge in [0.2, 0.25) is 0 Å². The topological polar surface area (TPSA) is 38.7 Å². The molecule has 1 aromatic carbocycles. The zero-order valence-corrected chi connectivity index (χ0v) is 11.6. The third-order valence-electron chi connectivity index (χ3n) is 3.59. The molecular formula is C15H22O3. The Kier molecular flexibility index (Phi) is 3.53. The summed E-state index contributed by atoms with van der Waals surface area (Å²) in [5.74, 6) is 2.04. The first-order chi connectivity index (χ1) is 8.50. The Morgan fingerprint density at radius 1 is 1.22 bits per heavy atom. The maximum absolute atomic E-state index is 10.1. The van der Waals surface area contributed by atoms with Crippen LogP contribution in [0.1, 0.15) is 43.7 Å². The molecule has 0 heterocycles. The number of methoxy groups -OCH3 is 2. The van der Waals surface area contributed by atoms with Gasteiger partial charge in [-0.3, -0.25) is 0 Å². The van der Waals surface area contributed by atoms with Crippen molar-refractivity contribution in [3.05, 3.63) is 23.3 Å². The molecule has 3 nitrogen and oxygen atoms in total. The molecule has 0 atom stereocenters. The van der Waals surface area contributed by atoms with Crippen molar-refractivity contribution in [3.8, 4) is 11.5 Å². The highest BCUT2D eigenvalue weighted by molar-refractivity contribution is 5.52. The summed E-state index contributed by atoms with van der Waals surface area (Å²) in [7, 11) is 3.36. The minimum absolute atomic E-state index is 0.323. The highest BCUT2D eigenvalue weighted by atomic mass is 16.5. The summed E-state index contributed by atoms with van der Waals surface area (Å²) in [6.45, 7) is 4.24. The van der Waals surface area contributed by atoms with Gasteiger partial charge in [0, 0.05) is 12.0 Å². The predicted molar refractivity (Wildman–Crippen MR) is 71.5 cm³/mol. The molecule has 18 heavy (non-hydrogen) atoms. The third-order valence-corrected chi connectivity index (χ3v) is 3.59. The SMILES string of the molecule is COc1ccc(CC2(O)CC2)c(OC)c1C(C)C. The second-order valence-corrected chi connectivity index (χ2v) is 5.43. The number of hydrogen-bond acceptors (Lipinski definition) is 3. The van der Waals surface area contributed by atoms with Gasteiger partial charge in [0.15, 0.2) is 0 Å². The monoisotopic (exact) mass is 250 g/mol. The molecule has 2 rings (SSSR count). The van der Waals surface area contributed by atoms with Crippen molar-refractivity contribution in [2.24, 2.45) is 0 Å². The lowest BCUT2D eigenvalue weighted by atomic mass is 9.95. The summed E-state index contributed by atoms with van der Waals surface area (Å²) in [5, 5.41) is 10.1. The van der Waals surface area contributed by atoms with Crippen LogP contribution in [0.15, 0.2) is 12.1 Å². The van der Waals surface area contributed by atoms with E-state index in [4.69, 9.17) is 9.47 Å². The van der Waals surface area contributed by atoms with E-state index in [1.807, 2.05) is 12.1 Å². The highest BCUT2D eigenvalue weighted by Gasteiger charge is 2.41. The average Bonchev–Trinajstić information content (AvgIpc) is 3.06. The standard InChI is InChI=1S/C15H22O3/c1-10(2)13-12(17-3)6-5-11(14(13)18-4)9-15(16)7-8-15/h5-6,10,16H,7-9H2,1-4H3. The Morgan fingerprint density at radius 2 is 1.89 bits per heavy atom. The van der Waals surface area contributed by atoms with Crippen molar-refractivity contribution in [1.29, 1.82) is 0 Å². The van der Waals surface area contributed by atoms with Crippen molar-refractivity contribution in [1.82, 2.24) is 0 Å². The molecule has 1 N–H and O–H groups in total. The molecule has 1 fully saturated rings. The van der Waals surface area contributed by atoms with E-state index in [0.717, 1.165) is 35.5 Å². The van der Waals surface area contributed by atoms with Gasteiger partial charge in [-0.25, -0.2) is 0 Å². The number of benzene rings is 1. The van der Waals surface area contributed by atoms with E-state index in [2.05, 4.69) is 13.8 Å². The van der Waals surface area contributed by atoms with E-state index in [1.54, 1.807) is 14.2 Å². The van der Waals surface area contributed by atoms with Gasteiger partial charge >= 0.3 is 0 Å². The molecule has 100 valence electrons. The highest BCUT2D eigenvalue weighted by Crippen LogP contribution is 2.44. The summed E-state index contributed by atoms with van der Waals surface area (Å²) in [4.78, 5) is 0. The van der Waals surface area contributed by atoms with E-state index < -0.39 is 5.60 Å². The van der Waals surface area contributed by atoms with E-state index in [1.165, 1.54) is 0 Å². The molecule has 0 aromatic heterocycles. The number of aliphatic hydroxyl groups is 1. The summed E-state index contributed by atoms with van der Waals surface area (Å²) in [6, 6.07) is 3.97. The van der Waals surface area contributed by atoms with Crippen molar-refractivity contribution in [3.63, 3.8) is 0 Å². The molecule has 0 spiro atoms. The Labute approximate surface area is 109 Å². The summed E-state index contributed by atoms with van der Waals surface area (Å²) in [5.41, 5.74) is 1.65. The Balaban J connectivity index is 2.43. The van der Waals surface area contributed by atoms with Crippen LogP contribution in [0.3, 0.4) is 0 Å². The van der Waals surface area contributed by atoms with E-state index >= 15 is 0 Å². The summed E-state index contributed by atoms with van der Waals surface area (Å²) < 4.78 is 11.0. The van der Waals surface area contributed by atoms with Gasteiger partial charge in [-0.1, -0.05) is 19.9 Å². The van der Waals surface area contributed by atoms with Gasteiger partial charge < -0.3 is 14.6 Å². The van der Waals surface area contributed by atoms with E-state index in [0.29, 0.717) is 12.3 Å². The van der Waals surface area contributed by atoms with Crippen LogP contribution in [0, 0.1) is 0 Å². The van der Waals surface area contributed by atoms with Gasteiger partial charge in [0.05, 0.1) is 19.8 Å². The number of ether oxygens (including phenoxy) is 2. The quantitative estimate of drug-likeness (QED) is 0.873. The van der Waals surface area contributed by atoms with Crippen LogP contribution in [0.4, 0.5) is 0 Å². The van der Waals surface area contributed by atoms with Crippen LogP contribution in [-0.2, 0) is 6.42 Å². The first-order valence-corrected chi connectivity index (χ1v) is 6.47. The second kappa shape index (κ2) is 4.81. The molecule has 1 aliphatic carbocycles. The summed E-state index contributed by atoms with van der Waals surface area (Å²) in [6.07, 6.45) is 2.44. The van der Waals surface area contributed by atoms with Crippen LogP contribution in [0.25, 0.3) is 0 Å². The van der Waals surface area contributed by atoms with Gasteiger partial charge in [0.1, 0.15) is 11.5 Å². The lowest BCUT2D eigenvalue weighted by molar-refractivity contribution is 0.150. The minimum atomic E-state index is -0.504. The largest absolute Gasteiger partial charge is 0.496 e. The number of hydrogen-bond donors (Lipinski definition) is 1. The Morgan fingerprint density at radius 3 is 2.33 bits per heavy atom. The van der Waals surface area contributed by atoms with E-state index in [9.17, 15) is 5.11 Å². The fourth-order valence-electron chi connectivity index (χ4n) is 2.41. The van der Waals surface area contributed by atoms with Gasteiger partial charge in [-0.05, 0) is 30.4 Å². The lowest BCUT2D eigenvalue weighted by Crippen LogP contribution is -2.13. The van der Waals surface area contributed by atoms with Gasteiger partial charge in [0.25, 0.3) is 0 Å². The van der Waals surface area contributed by atoms with Crippen molar-refractivity contribution in [2.75, 3.05) is 14.2 Å². The van der Waals surface area contributed by atoms with Crippen molar-refractivity contribution in [2.45, 2.75) is 44.6 Å². The molecule has 0 radical (unpaired) electrons. The molecule has 1 aliphatic rings.